The van der Waals surface area contributed by atoms with E-state index < -0.39 is 17.3 Å². The van der Waals surface area contributed by atoms with Gasteiger partial charge < -0.3 is 4.98 Å². The maximum Gasteiger partial charge on any atom is 0.416 e. The van der Waals surface area contributed by atoms with Crippen molar-refractivity contribution in [3.05, 3.63) is 58.9 Å². The minimum Gasteiger partial charge on any atom is -0.305 e. The molecule has 0 spiro atoms. The van der Waals surface area contributed by atoms with Crippen molar-refractivity contribution in [1.29, 1.82) is 0 Å². The van der Waals surface area contributed by atoms with Gasteiger partial charge in [-0.15, -0.1) is 0 Å². The number of imidazole rings is 1. The van der Waals surface area contributed by atoms with Crippen LogP contribution in [0.5, 0.6) is 0 Å². The topological polar surface area (TPSA) is 75.9 Å². The zero-order valence-corrected chi connectivity index (χ0v) is 11.9. The second-order valence-electron chi connectivity index (χ2n) is 5.09. The van der Waals surface area contributed by atoms with Gasteiger partial charge in [-0.1, -0.05) is 0 Å². The van der Waals surface area contributed by atoms with Crippen LogP contribution in [-0.4, -0.2) is 24.3 Å². The Hall–Kier alpha value is -3.23. The standard InChI is InChI=1S/C15H8F3N5O/c16-15(17,18)8-1-2-9-10(5-8)21-13(22-14(9)24)11-6-20-12-7-19-3-4-23(11)12/h1-7H,(H,21,22,24). The first-order valence-electron chi connectivity index (χ1n) is 6.82. The van der Waals surface area contributed by atoms with Gasteiger partial charge in [-0.25, -0.2) is 9.97 Å². The second kappa shape index (κ2) is 4.88. The second-order valence-corrected chi connectivity index (χ2v) is 5.09. The zero-order chi connectivity index (χ0) is 16.9. The zero-order valence-electron chi connectivity index (χ0n) is 11.9. The first-order chi connectivity index (χ1) is 11.4. The predicted molar refractivity (Wildman–Crippen MR) is 79.3 cm³/mol. The number of H-pyrrole nitrogens is 1. The van der Waals surface area contributed by atoms with Crippen molar-refractivity contribution in [2.24, 2.45) is 0 Å². The highest BCUT2D eigenvalue weighted by atomic mass is 19.4. The van der Waals surface area contributed by atoms with Crippen molar-refractivity contribution in [2.75, 3.05) is 0 Å². The van der Waals surface area contributed by atoms with Crippen LogP contribution in [0.2, 0.25) is 0 Å². The molecule has 9 heteroatoms. The summed E-state index contributed by atoms with van der Waals surface area (Å²) in [4.78, 5) is 27.0. The van der Waals surface area contributed by atoms with Gasteiger partial charge in [0.1, 0.15) is 5.69 Å². The van der Waals surface area contributed by atoms with Crippen LogP contribution in [0.3, 0.4) is 0 Å². The van der Waals surface area contributed by atoms with Crippen LogP contribution in [0.4, 0.5) is 13.2 Å². The van der Waals surface area contributed by atoms with Crippen molar-refractivity contribution in [3.63, 3.8) is 0 Å². The molecule has 0 amide bonds. The lowest BCUT2D eigenvalue weighted by Crippen LogP contribution is -2.12. The number of rotatable bonds is 1. The summed E-state index contributed by atoms with van der Waals surface area (Å²) in [5, 5.41) is 0.0854. The molecule has 0 unspecified atom stereocenters. The van der Waals surface area contributed by atoms with Gasteiger partial charge in [-0.2, -0.15) is 13.2 Å². The lowest BCUT2D eigenvalue weighted by Gasteiger charge is -2.08. The number of aromatic nitrogens is 5. The Morgan fingerprint density at radius 1 is 1.17 bits per heavy atom. The Kier molecular flexibility index (Phi) is 2.92. The van der Waals surface area contributed by atoms with Crippen LogP contribution in [0.25, 0.3) is 28.1 Å². The molecule has 0 fully saturated rings. The molecule has 6 nitrogen and oxygen atoms in total. The first-order valence-corrected chi connectivity index (χ1v) is 6.82. The van der Waals surface area contributed by atoms with Crippen LogP contribution in [0, 0.1) is 0 Å². The van der Waals surface area contributed by atoms with E-state index in [1.54, 1.807) is 10.6 Å². The van der Waals surface area contributed by atoms with Crippen molar-refractivity contribution in [1.82, 2.24) is 24.3 Å². The fraction of sp³-hybridized carbons (Fsp3) is 0.0667. The van der Waals surface area contributed by atoms with Crippen molar-refractivity contribution >= 4 is 16.6 Å². The van der Waals surface area contributed by atoms with E-state index in [1.165, 1.54) is 18.6 Å². The van der Waals surface area contributed by atoms with Crippen molar-refractivity contribution in [2.45, 2.75) is 6.18 Å². The highest BCUT2D eigenvalue weighted by molar-refractivity contribution is 5.80. The van der Waals surface area contributed by atoms with E-state index in [0.717, 1.165) is 18.2 Å². The summed E-state index contributed by atoms with van der Waals surface area (Å²) in [6.07, 6.45) is 1.62. The third-order valence-corrected chi connectivity index (χ3v) is 3.59. The summed E-state index contributed by atoms with van der Waals surface area (Å²) < 4.78 is 40.2. The molecule has 1 aromatic carbocycles. The van der Waals surface area contributed by atoms with Crippen LogP contribution in [0.15, 0.2) is 47.8 Å². The van der Waals surface area contributed by atoms with E-state index in [4.69, 9.17) is 0 Å². The molecule has 0 bridgehead atoms. The van der Waals surface area contributed by atoms with E-state index in [-0.39, 0.29) is 16.7 Å². The smallest absolute Gasteiger partial charge is 0.305 e. The van der Waals surface area contributed by atoms with Gasteiger partial charge in [0, 0.05) is 12.4 Å². The fourth-order valence-electron chi connectivity index (χ4n) is 2.45. The summed E-state index contributed by atoms with van der Waals surface area (Å²) >= 11 is 0. The number of nitrogens with one attached hydrogen (secondary N) is 1. The normalized spacial score (nSPS) is 12.1. The Labute approximate surface area is 131 Å². The predicted octanol–water partition coefficient (Wildman–Crippen LogP) is 2.65. The molecular formula is C15H8F3N5O. The Morgan fingerprint density at radius 3 is 2.79 bits per heavy atom. The number of benzene rings is 1. The van der Waals surface area contributed by atoms with Crippen LogP contribution in [-0.2, 0) is 6.18 Å². The summed E-state index contributed by atoms with van der Waals surface area (Å²) in [6, 6.07) is 2.84. The molecule has 0 saturated carbocycles. The summed E-state index contributed by atoms with van der Waals surface area (Å²) in [6.45, 7) is 0. The van der Waals surface area contributed by atoms with Gasteiger partial charge in [0.15, 0.2) is 11.5 Å². The average molecular weight is 331 g/mol. The summed E-state index contributed by atoms with van der Waals surface area (Å²) in [5.41, 5.74) is -0.440. The molecule has 0 aliphatic rings. The first kappa shape index (κ1) is 14.4. The van der Waals surface area contributed by atoms with Gasteiger partial charge in [-0.3, -0.25) is 14.2 Å². The quantitative estimate of drug-likeness (QED) is 0.582. The highest BCUT2D eigenvalue weighted by Gasteiger charge is 2.30. The van der Waals surface area contributed by atoms with Crippen LogP contribution < -0.4 is 5.56 Å². The van der Waals surface area contributed by atoms with E-state index in [9.17, 15) is 18.0 Å². The van der Waals surface area contributed by atoms with E-state index >= 15 is 0 Å². The van der Waals surface area contributed by atoms with Gasteiger partial charge in [0.25, 0.3) is 5.56 Å². The highest BCUT2D eigenvalue weighted by Crippen LogP contribution is 2.30. The molecule has 1 N–H and O–H groups in total. The Bertz CT molecular complexity index is 1130. The molecule has 120 valence electrons. The van der Waals surface area contributed by atoms with Gasteiger partial charge in [0.2, 0.25) is 0 Å². The monoisotopic (exact) mass is 331 g/mol. The lowest BCUT2D eigenvalue weighted by molar-refractivity contribution is -0.137. The molecule has 0 radical (unpaired) electrons. The lowest BCUT2D eigenvalue weighted by atomic mass is 10.1. The number of hydrogen-bond donors (Lipinski definition) is 1. The minimum absolute atomic E-state index is 0.0346. The number of fused-ring (bicyclic) bond motifs is 2. The number of aromatic amines is 1. The number of hydrogen-bond acceptors (Lipinski definition) is 4. The maximum atomic E-state index is 12.9. The molecule has 0 aliphatic carbocycles. The molecule has 0 aliphatic heterocycles. The summed E-state index contributed by atoms with van der Waals surface area (Å²) in [7, 11) is 0. The largest absolute Gasteiger partial charge is 0.416 e. The Balaban J connectivity index is 1.98. The molecule has 3 aromatic heterocycles. The van der Waals surface area contributed by atoms with Crippen molar-refractivity contribution < 1.29 is 13.2 Å². The van der Waals surface area contributed by atoms with Gasteiger partial charge in [-0.05, 0) is 18.2 Å². The molecule has 4 rings (SSSR count). The third kappa shape index (κ3) is 2.21. The van der Waals surface area contributed by atoms with Gasteiger partial charge in [0.05, 0.1) is 28.9 Å². The summed E-state index contributed by atoms with van der Waals surface area (Å²) in [5.74, 6) is 0.130. The maximum absolute atomic E-state index is 12.9. The molecule has 24 heavy (non-hydrogen) atoms. The molecule has 0 atom stereocenters. The Morgan fingerprint density at radius 2 is 2.00 bits per heavy atom. The number of nitrogens with zero attached hydrogens (tertiary/aromatic N) is 4. The van der Waals surface area contributed by atoms with E-state index in [1.807, 2.05) is 0 Å². The van der Waals surface area contributed by atoms with Crippen molar-refractivity contribution in [3.8, 4) is 11.5 Å². The number of alkyl halides is 3. The third-order valence-electron chi connectivity index (χ3n) is 3.59. The molecule has 3 heterocycles. The van der Waals surface area contributed by atoms with E-state index in [2.05, 4.69) is 19.9 Å². The molecular weight excluding hydrogens is 323 g/mol. The van der Waals surface area contributed by atoms with Crippen LogP contribution >= 0.6 is 0 Å². The number of halogens is 3. The SMILES string of the molecule is O=c1[nH]c(-c2cnc3cnccn23)nc2cc(C(F)(F)F)ccc12. The fourth-order valence-corrected chi connectivity index (χ4v) is 2.45. The van der Waals surface area contributed by atoms with Gasteiger partial charge >= 0.3 is 6.18 Å². The minimum atomic E-state index is -4.51. The molecule has 0 saturated heterocycles. The van der Waals surface area contributed by atoms with Crippen LogP contribution in [0.1, 0.15) is 5.56 Å². The van der Waals surface area contributed by atoms with E-state index in [0.29, 0.717) is 11.3 Å². The molecule has 4 aromatic rings. The average Bonchev–Trinajstić information content (AvgIpc) is 2.97.